The molecule has 18 nitrogen and oxygen atoms in total. The number of fused-ring (bicyclic) bond motifs is 18. The van der Waals surface area contributed by atoms with Crippen LogP contribution in [0.25, 0.3) is 0 Å². The Hall–Kier alpha value is -6.87. The summed E-state index contributed by atoms with van der Waals surface area (Å²) in [7, 11) is 1.79. The van der Waals surface area contributed by atoms with Gasteiger partial charge in [0.15, 0.2) is 11.6 Å². The molecule has 1 aromatic heterocycles. The number of hydrogen-bond donors (Lipinski definition) is 9. The lowest BCUT2D eigenvalue weighted by atomic mass is 9.45. The number of esters is 1. The number of likely N-dealkylation sites (N-methyl/N-ethyl adjacent to an activating group) is 1. The number of carbonyl (C=O) groups excluding carboxylic acids is 3. The Kier molecular flexibility index (Phi) is 13.7. The Morgan fingerprint density at radius 1 is 0.890 bits per heavy atom. The van der Waals surface area contributed by atoms with Gasteiger partial charge in [0.05, 0.1) is 6.04 Å². The minimum Gasteiger partial charge on any atom is -0.508 e. The molecule has 14 rings (SSSR count). The second-order valence-electron chi connectivity index (χ2n) is 26.9. The van der Waals surface area contributed by atoms with Crippen LogP contribution in [0.1, 0.15) is 144 Å². The molecule has 10 N–H and O–H groups in total. The Labute approximate surface area is 478 Å². The summed E-state index contributed by atoms with van der Waals surface area (Å²) in [5, 5.41) is 47.2. The molecule has 11 aliphatic rings. The average molecular weight is 1120 g/mol. The molecule has 0 bridgehead atoms. The number of phenolic OH excluding ortho intramolecular Hbond substituents is 1. The zero-order valence-electron chi connectivity index (χ0n) is 47.5. The summed E-state index contributed by atoms with van der Waals surface area (Å²) in [5.74, 6) is 7.88. The summed E-state index contributed by atoms with van der Waals surface area (Å²) >= 11 is 0. The van der Waals surface area contributed by atoms with E-state index in [1.165, 1.54) is 54.5 Å². The quantitative estimate of drug-likeness (QED) is 0.0734. The third-order valence-corrected chi connectivity index (χ3v) is 23.2. The van der Waals surface area contributed by atoms with Crippen LogP contribution in [0.4, 0.5) is 23.1 Å². The molecule has 8 fully saturated rings. The maximum atomic E-state index is 12.3. The fourth-order valence-corrected chi connectivity index (χ4v) is 19.0. The highest BCUT2D eigenvalue weighted by atomic mass is 16.6. The van der Waals surface area contributed by atoms with E-state index in [1.807, 2.05) is 17.0 Å². The highest BCUT2D eigenvalue weighted by molar-refractivity contribution is 5.97. The lowest BCUT2D eigenvalue weighted by Gasteiger charge is -2.60. The van der Waals surface area contributed by atoms with Gasteiger partial charge in [-0.3, -0.25) is 29.0 Å². The molecule has 17 atom stereocenters. The van der Waals surface area contributed by atoms with Crippen molar-refractivity contribution in [1.29, 1.82) is 0 Å². The molecule has 82 heavy (non-hydrogen) atoms. The fraction of sp³-hybridized carbons (Fsp3) is 0.609. The molecular formula is C64H79N7O11. The number of carbonyl (C=O) groups is 5. The van der Waals surface area contributed by atoms with Crippen LogP contribution in [0.3, 0.4) is 0 Å². The van der Waals surface area contributed by atoms with Crippen molar-refractivity contribution in [2.45, 2.75) is 153 Å². The van der Waals surface area contributed by atoms with Crippen molar-refractivity contribution < 1.29 is 49.1 Å². The number of aromatic nitrogens is 2. The van der Waals surface area contributed by atoms with Gasteiger partial charge in [0.25, 0.3) is 11.5 Å². The number of nitrogens with zero attached hydrogens (tertiary/aromatic N) is 2. The first kappa shape index (κ1) is 55.7. The summed E-state index contributed by atoms with van der Waals surface area (Å²) in [5.41, 5.74) is 10.1. The van der Waals surface area contributed by atoms with Crippen molar-refractivity contribution in [2.75, 3.05) is 41.4 Å². The average Bonchev–Trinajstić information content (AvgIpc) is 1.54. The predicted molar refractivity (Wildman–Crippen MR) is 307 cm³/mol. The number of nitrogens with two attached hydrogens (primary N) is 1. The number of amides is 1. The van der Waals surface area contributed by atoms with Crippen molar-refractivity contribution in [2.24, 2.45) is 69.5 Å². The van der Waals surface area contributed by atoms with E-state index >= 15 is 0 Å². The van der Waals surface area contributed by atoms with Gasteiger partial charge in [-0.15, -0.1) is 6.42 Å². The molecule has 0 radical (unpaired) electrons. The molecule has 3 aromatic rings. The minimum absolute atomic E-state index is 0.0388. The first-order valence-electron chi connectivity index (χ1n) is 30.0. The summed E-state index contributed by atoms with van der Waals surface area (Å²) < 4.78 is 6.22. The third-order valence-electron chi connectivity index (χ3n) is 23.2. The van der Waals surface area contributed by atoms with Crippen LogP contribution in [0.15, 0.2) is 58.9 Å². The lowest BCUT2D eigenvalue weighted by molar-refractivity contribution is -0.177. The Balaban J connectivity index is 0.000000124. The van der Waals surface area contributed by atoms with Crippen LogP contribution in [-0.2, 0) is 30.3 Å². The van der Waals surface area contributed by atoms with Gasteiger partial charge < -0.3 is 51.7 Å². The van der Waals surface area contributed by atoms with E-state index in [-0.39, 0.29) is 63.8 Å². The number of aromatic hydroxyl groups is 1. The van der Waals surface area contributed by atoms with Gasteiger partial charge in [0.2, 0.25) is 5.95 Å². The number of aryl methyl sites for hydroxylation is 1. The number of aromatic amines is 1. The van der Waals surface area contributed by atoms with Crippen molar-refractivity contribution in [1.82, 2.24) is 15.3 Å². The number of ether oxygens (including phenoxy) is 1. The van der Waals surface area contributed by atoms with Crippen LogP contribution in [0, 0.1) is 81.8 Å². The summed E-state index contributed by atoms with van der Waals surface area (Å²) in [6.07, 6.45) is 21.8. The van der Waals surface area contributed by atoms with Crippen LogP contribution in [0.5, 0.6) is 5.75 Å². The first-order chi connectivity index (χ1) is 39.0. The Morgan fingerprint density at radius 3 is 2.37 bits per heavy atom. The molecule has 1 amide bonds. The number of carboxylic acid groups (broad SMARTS) is 2. The molecule has 18 heteroatoms. The fourth-order valence-electron chi connectivity index (χ4n) is 19.0. The van der Waals surface area contributed by atoms with Gasteiger partial charge in [0.1, 0.15) is 28.7 Å². The van der Waals surface area contributed by atoms with Gasteiger partial charge in [-0.25, -0.2) is 4.79 Å². The number of benzene rings is 2. The second-order valence-corrected chi connectivity index (χ2v) is 26.9. The number of H-pyrrole nitrogens is 1. The molecular weight excluding hydrogens is 1040 g/mol. The summed E-state index contributed by atoms with van der Waals surface area (Å²) in [4.78, 5) is 79.2. The summed E-state index contributed by atoms with van der Waals surface area (Å²) in [6, 6.07) is 10.9. The Morgan fingerprint density at radius 2 is 1.65 bits per heavy atom. The second kappa shape index (κ2) is 20.2. The smallest absolute Gasteiger partial charge is 0.326 e. The number of anilines is 4. The molecule has 2 aromatic carbocycles. The monoisotopic (exact) mass is 1120 g/mol. The van der Waals surface area contributed by atoms with Crippen LogP contribution < -0.4 is 32.1 Å². The predicted octanol–water partition coefficient (Wildman–Crippen LogP) is 7.66. The molecule has 1 saturated heterocycles. The van der Waals surface area contributed by atoms with Gasteiger partial charge in [-0.2, -0.15) is 4.98 Å². The maximum absolute atomic E-state index is 12.3. The number of aliphatic hydroxyl groups is 1. The van der Waals surface area contributed by atoms with E-state index in [0.29, 0.717) is 72.1 Å². The van der Waals surface area contributed by atoms with E-state index in [9.17, 15) is 44.1 Å². The zero-order chi connectivity index (χ0) is 58.0. The van der Waals surface area contributed by atoms with E-state index in [1.54, 1.807) is 19.2 Å². The van der Waals surface area contributed by atoms with Gasteiger partial charge in [0, 0.05) is 67.4 Å². The lowest BCUT2D eigenvalue weighted by Crippen LogP contribution is -2.57. The maximum Gasteiger partial charge on any atom is 0.326 e. The van der Waals surface area contributed by atoms with E-state index < -0.39 is 29.5 Å². The van der Waals surface area contributed by atoms with Gasteiger partial charge in [-0.1, -0.05) is 38.3 Å². The van der Waals surface area contributed by atoms with Crippen molar-refractivity contribution in [3.8, 4) is 18.1 Å². The van der Waals surface area contributed by atoms with Crippen LogP contribution in [0.2, 0.25) is 0 Å². The number of carboxylic acids is 2. The molecule has 2 aliphatic heterocycles. The number of hydrogen-bond acceptors (Lipinski definition) is 14. The van der Waals surface area contributed by atoms with Crippen molar-refractivity contribution in [3.05, 3.63) is 81.2 Å². The molecule has 9 aliphatic carbocycles. The Bertz CT molecular complexity index is 3270. The highest BCUT2D eigenvalue weighted by Gasteiger charge is 2.81. The molecule has 3 heterocycles. The molecule has 7 saturated carbocycles. The van der Waals surface area contributed by atoms with E-state index in [0.717, 1.165) is 93.1 Å². The number of nitrogen functional groups attached to an aromatic ring is 1. The van der Waals surface area contributed by atoms with Gasteiger partial charge in [-0.05, 0) is 196 Å². The van der Waals surface area contributed by atoms with E-state index in [2.05, 4.69) is 64.8 Å². The first-order valence-corrected chi connectivity index (χ1v) is 30.0. The van der Waals surface area contributed by atoms with Crippen LogP contribution in [-0.4, -0.2) is 103 Å². The van der Waals surface area contributed by atoms with E-state index in [4.69, 9.17) is 22.0 Å². The van der Waals surface area contributed by atoms with Crippen molar-refractivity contribution in [3.63, 3.8) is 0 Å². The third kappa shape index (κ3) is 8.95. The normalized spacial score (nSPS) is 38.2. The number of aliphatic carboxylic acids is 2. The minimum atomic E-state index is -1.30. The number of nitrogens with one attached hydrogen (secondary N) is 4. The number of phenols is 1. The number of terminal acetylenes is 1. The molecule has 436 valence electrons. The SMILES string of the molecule is C#C[C@]1(O)CC[C@H]2[C@@H]3CCc4cc(O)ccc4[C@H]3CC[C@@]21C.CN1c2c(nc(N)[nH]c2=O)NC[C@@H]1CNc1ccc(C(=O)N[C@@H](CCC(=O)O)C(=O)O)cc1.C[C@]12CCC(=O)C=C1[C@@H]1C[C@@H]1[C@H]1[C@@H]3[C@@H]4C[C@@H]4[C@@]4(CCC(=O)O4)[C@@]3(C)CC[C@@H]12. The van der Waals surface area contributed by atoms with Crippen molar-refractivity contribution >= 4 is 52.7 Å². The topological polar surface area (TPSA) is 287 Å². The number of allylic oxidation sites excluding steroid dienone is 1. The largest absolute Gasteiger partial charge is 0.508 e. The van der Waals surface area contributed by atoms with Crippen LogP contribution >= 0.6 is 0 Å². The highest BCUT2D eigenvalue weighted by Crippen LogP contribution is 2.82. The summed E-state index contributed by atoms with van der Waals surface area (Å²) in [6.45, 7) is 8.21. The standard InChI is InChI=1S/C24H30O3.C20H25N7O6.C20H24O2/c1-22-6-3-12(25)9-17(22)13-10-14(13)20-16(22)4-7-23(2)21(20)15-11-18(15)24(23)8-5-19(26)27-24;1-27-12(9-23-16-15(27)18(31)26-20(21)25-16)8-22-11-4-2-10(3-5-11)17(30)24-13(19(32)33)6-7-14(28)29;1-3-20(22)11-9-18-17-6-4-13-12-14(21)5-7-15(13)16(17)8-10-19(18,20)2/h9,13-16,18,20-21H,3-8,10-11H2,1-2H3;2-5,12-13,22H,6-9H2,1H3,(H,24,30)(H,28,29)(H,32,33)(H4,21,23,25,26,31);1,5,7,12,16-18,21-22H,4,6,8-11H2,2H3/t13-,14+,15-,16+,18+,20-,21+,22-,23+,24+;12-,13-;16-,17-,18+,19+,20+/m101/s1. The number of ketones is 1. The number of rotatable bonds is 9. The van der Waals surface area contributed by atoms with Gasteiger partial charge >= 0.3 is 17.9 Å². The molecule has 1 spiro atoms. The molecule has 0 unspecified atom stereocenters. The zero-order valence-corrected chi connectivity index (χ0v) is 47.5.